The molecule has 0 heterocycles. The summed E-state index contributed by atoms with van der Waals surface area (Å²) in [7, 11) is 0. The van der Waals surface area contributed by atoms with E-state index in [1.54, 1.807) is 0 Å². The van der Waals surface area contributed by atoms with E-state index in [1.807, 2.05) is 0 Å². The number of rotatable bonds is 2. The average Bonchev–Trinajstić information content (AvgIpc) is 2.32. The Labute approximate surface area is 110 Å². The van der Waals surface area contributed by atoms with Crippen LogP contribution in [0.2, 0.25) is 0 Å². The molecule has 1 N–H and O–H groups in total. The van der Waals surface area contributed by atoms with Crippen LogP contribution in [-0.4, -0.2) is 11.1 Å². The molecule has 0 aliphatic heterocycles. The van der Waals surface area contributed by atoms with Crippen LogP contribution in [-0.2, 0) is 0 Å². The van der Waals surface area contributed by atoms with E-state index in [4.69, 9.17) is 5.11 Å². The van der Waals surface area contributed by atoms with Crippen LogP contribution in [0.5, 0.6) is 0 Å². The number of carboxylic acids is 1. The number of hydrogen-bond donors (Lipinski definition) is 1. The van der Waals surface area contributed by atoms with Crippen LogP contribution in [0.25, 0.3) is 11.1 Å². The van der Waals surface area contributed by atoms with Crippen molar-refractivity contribution in [2.45, 2.75) is 0 Å². The third-order valence-electron chi connectivity index (χ3n) is 2.45. The first-order chi connectivity index (χ1) is 8.50. The summed E-state index contributed by atoms with van der Waals surface area (Å²) in [6.45, 7) is 0. The lowest BCUT2D eigenvalue weighted by atomic mass is 10.0. The molecular formula is C13H7BrF2O2. The van der Waals surface area contributed by atoms with Crippen molar-refractivity contribution < 1.29 is 18.7 Å². The smallest absolute Gasteiger partial charge is 0.338 e. The Bertz CT molecular complexity index is 626. The number of halogens is 3. The first-order valence-electron chi connectivity index (χ1n) is 4.98. The topological polar surface area (TPSA) is 37.3 Å². The molecule has 2 rings (SSSR count). The second kappa shape index (κ2) is 4.86. The highest BCUT2D eigenvalue weighted by molar-refractivity contribution is 9.10. The number of hydrogen-bond acceptors (Lipinski definition) is 1. The van der Waals surface area contributed by atoms with Crippen molar-refractivity contribution in [1.29, 1.82) is 0 Å². The quantitative estimate of drug-likeness (QED) is 0.906. The van der Waals surface area contributed by atoms with Crippen LogP contribution in [0.15, 0.2) is 40.9 Å². The lowest BCUT2D eigenvalue weighted by Crippen LogP contribution is -2.02. The Balaban J connectivity index is 2.68. The molecule has 0 amide bonds. The largest absolute Gasteiger partial charge is 0.478 e. The normalized spacial score (nSPS) is 10.4. The fraction of sp³-hybridized carbons (Fsp3) is 0. The van der Waals surface area contributed by atoms with Gasteiger partial charge in [-0.15, -0.1) is 0 Å². The van der Waals surface area contributed by atoms with Crippen LogP contribution in [0.3, 0.4) is 0 Å². The maximum absolute atomic E-state index is 14.0. The summed E-state index contributed by atoms with van der Waals surface area (Å²) in [5.74, 6) is -2.94. The zero-order chi connectivity index (χ0) is 13.3. The van der Waals surface area contributed by atoms with Crippen molar-refractivity contribution in [3.63, 3.8) is 0 Å². The highest BCUT2D eigenvalue weighted by Gasteiger charge is 2.17. The summed E-state index contributed by atoms with van der Waals surface area (Å²) in [6.07, 6.45) is 0. The molecule has 0 aliphatic rings. The second-order valence-corrected chi connectivity index (χ2v) is 4.51. The molecule has 5 heteroatoms. The minimum atomic E-state index is -1.38. The Kier molecular flexibility index (Phi) is 3.43. The zero-order valence-electron chi connectivity index (χ0n) is 8.95. The summed E-state index contributed by atoms with van der Waals surface area (Å²) in [5.41, 5.74) is -0.537. The molecule has 2 aromatic carbocycles. The number of carbonyl (C=O) groups is 1. The predicted octanol–water partition coefficient (Wildman–Crippen LogP) is 4.09. The van der Waals surface area contributed by atoms with Crippen LogP contribution in [0.4, 0.5) is 8.78 Å². The predicted molar refractivity (Wildman–Crippen MR) is 66.5 cm³/mol. The van der Waals surface area contributed by atoms with Crippen molar-refractivity contribution >= 4 is 21.9 Å². The maximum atomic E-state index is 14.0. The van der Waals surface area contributed by atoms with Gasteiger partial charge in [0.05, 0.1) is 5.56 Å². The molecule has 0 bridgehead atoms. The van der Waals surface area contributed by atoms with E-state index >= 15 is 0 Å². The van der Waals surface area contributed by atoms with Crippen LogP contribution in [0, 0.1) is 11.6 Å². The summed E-state index contributed by atoms with van der Waals surface area (Å²) in [6, 6.07) is 7.93. The molecule has 92 valence electrons. The number of aromatic carboxylic acids is 1. The van der Waals surface area contributed by atoms with Gasteiger partial charge in [0.1, 0.15) is 11.6 Å². The maximum Gasteiger partial charge on any atom is 0.338 e. The second-order valence-electron chi connectivity index (χ2n) is 3.60. The Morgan fingerprint density at radius 3 is 2.50 bits per heavy atom. The summed E-state index contributed by atoms with van der Waals surface area (Å²) >= 11 is 3.16. The SMILES string of the molecule is O=C(O)c1cccc(-c2cc(Br)ccc2F)c1F. The standard InChI is InChI=1S/C13H7BrF2O2/c14-7-4-5-11(15)10(6-7)8-2-1-3-9(12(8)16)13(17)18/h1-6H,(H,17,18). The summed E-state index contributed by atoms with van der Waals surface area (Å²) in [4.78, 5) is 10.8. The van der Waals surface area contributed by atoms with Gasteiger partial charge in [0.2, 0.25) is 0 Å². The Morgan fingerprint density at radius 1 is 1.11 bits per heavy atom. The number of carboxylic acid groups (broad SMARTS) is 1. The highest BCUT2D eigenvalue weighted by atomic mass is 79.9. The van der Waals surface area contributed by atoms with Crippen molar-refractivity contribution in [2.24, 2.45) is 0 Å². The van der Waals surface area contributed by atoms with E-state index in [-0.39, 0.29) is 11.1 Å². The first kappa shape index (κ1) is 12.7. The Hall–Kier alpha value is -1.75. The third kappa shape index (κ3) is 2.26. The number of benzene rings is 2. The first-order valence-corrected chi connectivity index (χ1v) is 5.77. The molecule has 0 unspecified atom stereocenters. The van der Waals surface area contributed by atoms with Gasteiger partial charge in [-0.2, -0.15) is 0 Å². The van der Waals surface area contributed by atoms with E-state index in [1.165, 1.54) is 30.3 Å². The zero-order valence-corrected chi connectivity index (χ0v) is 10.5. The molecule has 0 radical (unpaired) electrons. The van der Waals surface area contributed by atoms with Crippen molar-refractivity contribution in [3.8, 4) is 11.1 Å². The van der Waals surface area contributed by atoms with Gasteiger partial charge in [-0.25, -0.2) is 13.6 Å². The van der Waals surface area contributed by atoms with E-state index in [2.05, 4.69) is 15.9 Å². The van der Waals surface area contributed by atoms with Crippen molar-refractivity contribution in [1.82, 2.24) is 0 Å². The summed E-state index contributed by atoms with van der Waals surface area (Å²) in [5, 5.41) is 8.82. The lowest BCUT2D eigenvalue weighted by Gasteiger charge is -2.07. The molecule has 18 heavy (non-hydrogen) atoms. The molecule has 0 saturated heterocycles. The minimum absolute atomic E-state index is 0.0185. The fourth-order valence-electron chi connectivity index (χ4n) is 1.61. The van der Waals surface area contributed by atoms with Gasteiger partial charge < -0.3 is 5.11 Å². The molecule has 0 fully saturated rings. The molecule has 2 nitrogen and oxygen atoms in total. The van der Waals surface area contributed by atoms with Crippen LogP contribution in [0.1, 0.15) is 10.4 Å². The van der Waals surface area contributed by atoms with Gasteiger partial charge >= 0.3 is 5.97 Å². The third-order valence-corrected chi connectivity index (χ3v) is 2.94. The molecule has 0 spiro atoms. The van der Waals surface area contributed by atoms with Crippen molar-refractivity contribution in [2.75, 3.05) is 0 Å². The van der Waals surface area contributed by atoms with Crippen molar-refractivity contribution in [3.05, 3.63) is 58.1 Å². The van der Waals surface area contributed by atoms with E-state index < -0.39 is 23.2 Å². The minimum Gasteiger partial charge on any atom is -0.478 e. The van der Waals surface area contributed by atoms with E-state index in [9.17, 15) is 13.6 Å². The fourth-order valence-corrected chi connectivity index (χ4v) is 1.97. The Morgan fingerprint density at radius 2 is 1.83 bits per heavy atom. The summed E-state index contributed by atoms with van der Waals surface area (Å²) < 4.78 is 28.2. The van der Waals surface area contributed by atoms with Crippen LogP contribution < -0.4 is 0 Å². The lowest BCUT2D eigenvalue weighted by molar-refractivity contribution is 0.0692. The van der Waals surface area contributed by atoms with Gasteiger partial charge in [0.15, 0.2) is 0 Å². The molecule has 0 atom stereocenters. The van der Waals surface area contributed by atoms with E-state index in [0.717, 1.165) is 6.07 Å². The highest BCUT2D eigenvalue weighted by Crippen LogP contribution is 2.29. The van der Waals surface area contributed by atoms with Crippen LogP contribution >= 0.6 is 15.9 Å². The molecular weight excluding hydrogens is 306 g/mol. The molecule has 0 aliphatic carbocycles. The van der Waals surface area contributed by atoms with Gasteiger partial charge in [-0.3, -0.25) is 0 Å². The molecule has 2 aromatic rings. The average molecular weight is 313 g/mol. The van der Waals surface area contributed by atoms with E-state index in [0.29, 0.717) is 4.47 Å². The van der Waals surface area contributed by atoms with Gasteiger partial charge in [-0.05, 0) is 24.3 Å². The van der Waals surface area contributed by atoms with Gasteiger partial charge in [0, 0.05) is 15.6 Å². The molecule has 0 saturated carbocycles. The molecule has 0 aromatic heterocycles. The monoisotopic (exact) mass is 312 g/mol. The van der Waals surface area contributed by atoms with Gasteiger partial charge in [0.25, 0.3) is 0 Å². The van der Waals surface area contributed by atoms with Gasteiger partial charge in [-0.1, -0.05) is 28.1 Å².